The second kappa shape index (κ2) is 6.23. The highest BCUT2D eigenvalue weighted by atomic mass is 19.4. The van der Waals surface area contributed by atoms with Crippen molar-refractivity contribution in [1.29, 1.82) is 0 Å². The van der Waals surface area contributed by atoms with Crippen molar-refractivity contribution in [3.63, 3.8) is 0 Å². The molecular weight excluding hydrogens is 249 g/mol. The van der Waals surface area contributed by atoms with Crippen LogP contribution in [0.3, 0.4) is 0 Å². The van der Waals surface area contributed by atoms with Gasteiger partial charge in [0, 0.05) is 19.2 Å². The van der Waals surface area contributed by atoms with Crippen molar-refractivity contribution in [3.8, 4) is 0 Å². The number of nitrogens with zero attached hydrogens (tertiary/aromatic N) is 1. The predicted molar refractivity (Wildman–Crippen MR) is 59.6 cm³/mol. The standard InChI is InChI=1S/C11H13F3N2O2/c12-11(13,14)5-1-2-6-15-8-4-3-7-16-9(8)10(17)18/h3-4,7,15H,1-2,5-6H2,(H,17,18). The third-order valence-corrected chi connectivity index (χ3v) is 2.21. The Bertz CT molecular complexity index is 408. The average Bonchev–Trinajstić information content (AvgIpc) is 2.27. The van der Waals surface area contributed by atoms with E-state index in [0.717, 1.165) is 0 Å². The molecule has 0 saturated heterocycles. The normalized spacial score (nSPS) is 11.3. The van der Waals surface area contributed by atoms with Gasteiger partial charge in [0.2, 0.25) is 0 Å². The topological polar surface area (TPSA) is 62.2 Å². The van der Waals surface area contributed by atoms with Gasteiger partial charge in [-0.15, -0.1) is 0 Å². The maximum absolute atomic E-state index is 11.9. The number of hydrogen-bond donors (Lipinski definition) is 2. The average molecular weight is 262 g/mol. The van der Waals surface area contributed by atoms with Gasteiger partial charge in [0.25, 0.3) is 0 Å². The summed E-state index contributed by atoms with van der Waals surface area (Å²) in [6, 6.07) is 3.09. The molecule has 7 heteroatoms. The van der Waals surface area contributed by atoms with Crippen LogP contribution < -0.4 is 5.32 Å². The van der Waals surface area contributed by atoms with Gasteiger partial charge in [-0.3, -0.25) is 0 Å². The molecular formula is C11H13F3N2O2. The Kier molecular flexibility index (Phi) is 4.94. The van der Waals surface area contributed by atoms with Crippen LogP contribution in [0, 0.1) is 0 Å². The van der Waals surface area contributed by atoms with Crippen LogP contribution in [0.15, 0.2) is 18.3 Å². The molecule has 0 unspecified atom stereocenters. The van der Waals surface area contributed by atoms with Crippen molar-refractivity contribution in [1.82, 2.24) is 4.98 Å². The number of pyridine rings is 1. The minimum Gasteiger partial charge on any atom is -0.476 e. The highest BCUT2D eigenvalue weighted by Gasteiger charge is 2.25. The van der Waals surface area contributed by atoms with E-state index < -0.39 is 18.6 Å². The number of alkyl halides is 3. The van der Waals surface area contributed by atoms with Crippen LogP contribution in [0.1, 0.15) is 29.8 Å². The number of carboxylic acid groups (broad SMARTS) is 1. The summed E-state index contributed by atoms with van der Waals surface area (Å²) in [7, 11) is 0. The Morgan fingerprint density at radius 1 is 1.39 bits per heavy atom. The van der Waals surface area contributed by atoms with Gasteiger partial charge in [-0.1, -0.05) is 0 Å². The molecule has 1 heterocycles. The molecule has 0 aliphatic heterocycles. The van der Waals surface area contributed by atoms with E-state index in [1.807, 2.05) is 0 Å². The van der Waals surface area contributed by atoms with Crippen LogP contribution in [-0.4, -0.2) is 28.8 Å². The molecule has 0 aromatic carbocycles. The van der Waals surface area contributed by atoms with E-state index in [1.165, 1.54) is 12.3 Å². The highest BCUT2D eigenvalue weighted by molar-refractivity contribution is 5.91. The molecule has 18 heavy (non-hydrogen) atoms. The van der Waals surface area contributed by atoms with E-state index in [2.05, 4.69) is 10.3 Å². The van der Waals surface area contributed by atoms with Crippen LogP contribution in [0.5, 0.6) is 0 Å². The summed E-state index contributed by atoms with van der Waals surface area (Å²) in [4.78, 5) is 14.5. The molecule has 1 aromatic rings. The van der Waals surface area contributed by atoms with Crippen molar-refractivity contribution in [2.24, 2.45) is 0 Å². The molecule has 0 saturated carbocycles. The summed E-state index contributed by atoms with van der Waals surface area (Å²) in [5.41, 5.74) is 0.185. The molecule has 1 aromatic heterocycles. The summed E-state index contributed by atoms with van der Waals surface area (Å²) < 4.78 is 35.6. The first kappa shape index (κ1) is 14.3. The van der Waals surface area contributed by atoms with Crippen LogP contribution in [-0.2, 0) is 0 Å². The van der Waals surface area contributed by atoms with Gasteiger partial charge in [-0.05, 0) is 25.0 Å². The fourth-order valence-corrected chi connectivity index (χ4v) is 1.39. The molecule has 0 bridgehead atoms. The molecule has 1 rings (SSSR count). The summed E-state index contributed by atoms with van der Waals surface area (Å²) in [5.74, 6) is -1.17. The van der Waals surface area contributed by atoms with Gasteiger partial charge >= 0.3 is 12.1 Å². The van der Waals surface area contributed by atoms with Crippen molar-refractivity contribution in [2.75, 3.05) is 11.9 Å². The Labute approximate surface area is 102 Å². The first-order valence-corrected chi connectivity index (χ1v) is 5.39. The Morgan fingerprint density at radius 2 is 2.11 bits per heavy atom. The second-order valence-electron chi connectivity index (χ2n) is 3.70. The van der Waals surface area contributed by atoms with Crippen molar-refractivity contribution >= 4 is 11.7 Å². The number of carboxylic acids is 1. The number of halogens is 3. The number of carbonyl (C=O) groups is 1. The molecule has 0 spiro atoms. The summed E-state index contributed by atoms with van der Waals surface area (Å²) >= 11 is 0. The van der Waals surface area contributed by atoms with Crippen molar-refractivity contribution in [3.05, 3.63) is 24.0 Å². The summed E-state index contributed by atoms with van der Waals surface area (Å²) in [6.45, 7) is 0.280. The lowest BCUT2D eigenvalue weighted by atomic mass is 10.2. The summed E-state index contributed by atoms with van der Waals surface area (Å²) in [5, 5.41) is 11.6. The minimum absolute atomic E-state index is 0.0131. The quantitative estimate of drug-likeness (QED) is 0.774. The van der Waals surface area contributed by atoms with Gasteiger partial charge in [0.15, 0.2) is 5.69 Å². The zero-order valence-electron chi connectivity index (χ0n) is 9.50. The molecule has 0 aliphatic carbocycles. The van der Waals surface area contributed by atoms with Crippen LogP contribution >= 0.6 is 0 Å². The van der Waals surface area contributed by atoms with E-state index in [-0.39, 0.29) is 18.7 Å². The Hall–Kier alpha value is -1.79. The number of nitrogens with one attached hydrogen (secondary N) is 1. The third kappa shape index (κ3) is 5.03. The molecule has 0 radical (unpaired) electrons. The van der Waals surface area contributed by atoms with E-state index in [9.17, 15) is 18.0 Å². The number of aromatic carboxylic acids is 1. The minimum atomic E-state index is -4.14. The van der Waals surface area contributed by atoms with Crippen molar-refractivity contribution in [2.45, 2.75) is 25.4 Å². The van der Waals surface area contributed by atoms with Crippen LogP contribution in [0.2, 0.25) is 0 Å². The fourth-order valence-electron chi connectivity index (χ4n) is 1.39. The van der Waals surface area contributed by atoms with Gasteiger partial charge in [0.05, 0.1) is 5.69 Å². The Balaban J connectivity index is 2.38. The van der Waals surface area contributed by atoms with E-state index in [4.69, 9.17) is 5.11 Å². The third-order valence-electron chi connectivity index (χ3n) is 2.21. The number of anilines is 1. The first-order chi connectivity index (χ1) is 8.40. The lowest BCUT2D eigenvalue weighted by Gasteiger charge is -2.09. The first-order valence-electron chi connectivity index (χ1n) is 5.39. The molecule has 0 amide bonds. The monoisotopic (exact) mass is 262 g/mol. The molecule has 100 valence electrons. The van der Waals surface area contributed by atoms with Crippen LogP contribution in [0.25, 0.3) is 0 Å². The molecule has 2 N–H and O–H groups in total. The van der Waals surface area contributed by atoms with Gasteiger partial charge in [-0.2, -0.15) is 13.2 Å². The summed E-state index contributed by atoms with van der Waals surface area (Å²) in [6.07, 6.45) is -3.29. The van der Waals surface area contributed by atoms with Gasteiger partial charge in [-0.25, -0.2) is 9.78 Å². The molecule has 4 nitrogen and oxygen atoms in total. The highest BCUT2D eigenvalue weighted by Crippen LogP contribution is 2.22. The van der Waals surface area contributed by atoms with E-state index in [1.54, 1.807) is 6.07 Å². The van der Waals surface area contributed by atoms with E-state index >= 15 is 0 Å². The second-order valence-corrected chi connectivity index (χ2v) is 3.70. The predicted octanol–water partition coefficient (Wildman–Crippen LogP) is 2.92. The number of unbranched alkanes of at least 4 members (excludes halogenated alkanes) is 1. The number of aromatic nitrogens is 1. The molecule has 0 atom stereocenters. The van der Waals surface area contributed by atoms with Crippen molar-refractivity contribution < 1.29 is 23.1 Å². The number of hydrogen-bond acceptors (Lipinski definition) is 3. The van der Waals surface area contributed by atoms with E-state index in [0.29, 0.717) is 12.1 Å². The van der Waals surface area contributed by atoms with Gasteiger partial charge in [0.1, 0.15) is 0 Å². The lowest BCUT2D eigenvalue weighted by Crippen LogP contribution is -2.11. The fraction of sp³-hybridized carbons (Fsp3) is 0.455. The SMILES string of the molecule is O=C(O)c1ncccc1NCCCCC(F)(F)F. The largest absolute Gasteiger partial charge is 0.476 e. The molecule has 0 aliphatic rings. The zero-order chi connectivity index (χ0) is 13.6. The Morgan fingerprint density at radius 3 is 2.72 bits per heavy atom. The maximum Gasteiger partial charge on any atom is 0.389 e. The number of rotatable bonds is 6. The maximum atomic E-state index is 11.9. The van der Waals surface area contributed by atoms with Crippen LogP contribution in [0.4, 0.5) is 18.9 Å². The van der Waals surface area contributed by atoms with Gasteiger partial charge < -0.3 is 10.4 Å². The molecule has 0 fully saturated rings. The zero-order valence-corrected chi connectivity index (χ0v) is 9.50. The smallest absolute Gasteiger partial charge is 0.389 e. The lowest BCUT2D eigenvalue weighted by molar-refractivity contribution is -0.135.